The number of carbonyl (C=O) groups excluding carboxylic acids is 2. The lowest BCUT2D eigenvalue weighted by atomic mass is 10.1. The van der Waals surface area contributed by atoms with Crippen LogP contribution in [0.1, 0.15) is 40.1 Å². The van der Waals surface area contributed by atoms with E-state index >= 15 is 0 Å². The van der Waals surface area contributed by atoms with Crippen LogP contribution < -0.4 is 15.4 Å². The Morgan fingerprint density at radius 1 is 1.04 bits per heavy atom. The van der Waals surface area contributed by atoms with Crippen molar-refractivity contribution >= 4 is 11.8 Å². The monoisotopic (exact) mass is 355 g/mol. The van der Waals surface area contributed by atoms with Gasteiger partial charge in [-0.15, -0.1) is 0 Å². The molecule has 26 heavy (non-hydrogen) atoms. The van der Waals surface area contributed by atoms with Gasteiger partial charge in [-0.3, -0.25) is 14.6 Å². The zero-order valence-electron chi connectivity index (χ0n) is 15.4. The van der Waals surface area contributed by atoms with E-state index in [0.717, 1.165) is 11.3 Å². The Morgan fingerprint density at radius 2 is 1.65 bits per heavy atom. The molecule has 1 aromatic heterocycles. The summed E-state index contributed by atoms with van der Waals surface area (Å²) in [6, 6.07) is 9.27. The second-order valence-corrected chi connectivity index (χ2v) is 6.42. The van der Waals surface area contributed by atoms with Crippen LogP contribution in [0.15, 0.2) is 42.7 Å². The zero-order valence-corrected chi connectivity index (χ0v) is 15.4. The van der Waals surface area contributed by atoms with Crippen LogP contribution in [0.2, 0.25) is 0 Å². The largest absolute Gasteiger partial charge is 0.497 e. The Kier molecular flexibility index (Phi) is 7.14. The minimum Gasteiger partial charge on any atom is -0.497 e. The molecule has 2 rings (SSSR count). The number of aromatic nitrogens is 1. The summed E-state index contributed by atoms with van der Waals surface area (Å²) in [5, 5.41) is 5.67. The number of ether oxygens (including phenoxy) is 1. The van der Waals surface area contributed by atoms with Crippen molar-refractivity contribution in [2.24, 2.45) is 5.92 Å². The first-order valence-electron chi connectivity index (χ1n) is 8.64. The Bertz CT molecular complexity index is 742. The van der Waals surface area contributed by atoms with E-state index in [1.165, 1.54) is 12.4 Å². The third-order valence-corrected chi connectivity index (χ3v) is 3.79. The molecule has 2 N–H and O–H groups in total. The van der Waals surface area contributed by atoms with Crippen LogP contribution in [0.3, 0.4) is 0 Å². The summed E-state index contributed by atoms with van der Waals surface area (Å²) in [5.41, 5.74) is 1.86. The SMILES string of the molecule is COc1ccc(CCNC(=O)c2cncc(C(=O)NCC(C)C)c2)cc1. The minimum atomic E-state index is -0.246. The number of pyridine rings is 1. The predicted molar refractivity (Wildman–Crippen MR) is 100 cm³/mol. The maximum atomic E-state index is 12.3. The van der Waals surface area contributed by atoms with Gasteiger partial charge in [0, 0.05) is 25.5 Å². The number of rotatable bonds is 8. The van der Waals surface area contributed by atoms with Gasteiger partial charge in [0.1, 0.15) is 5.75 Å². The standard InChI is InChI=1S/C20H25N3O3/c1-14(2)11-23-20(25)17-10-16(12-21-13-17)19(24)22-9-8-15-4-6-18(26-3)7-5-15/h4-7,10,12-14H,8-9,11H2,1-3H3,(H,22,24)(H,23,25). The van der Waals surface area contributed by atoms with Crippen LogP contribution >= 0.6 is 0 Å². The van der Waals surface area contributed by atoms with Crippen molar-refractivity contribution in [1.29, 1.82) is 0 Å². The second kappa shape index (κ2) is 9.56. The molecule has 138 valence electrons. The molecule has 0 bridgehead atoms. The number of benzene rings is 1. The first-order chi connectivity index (χ1) is 12.5. The fraction of sp³-hybridized carbons (Fsp3) is 0.350. The van der Waals surface area contributed by atoms with Crippen LogP contribution in [-0.2, 0) is 6.42 Å². The van der Waals surface area contributed by atoms with E-state index in [1.54, 1.807) is 13.2 Å². The summed E-state index contributed by atoms with van der Waals surface area (Å²) < 4.78 is 5.12. The fourth-order valence-electron chi connectivity index (χ4n) is 2.30. The Balaban J connectivity index is 1.88. The molecule has 6 heteroatoms. The predicted octanol–water partition coefficient (Wildman–Crippen LogP) is 2.45. The third-order valence-electron chi connectivity index (χ3n) is 3.79. The summed E-state index contributed by atoms with van der Waals surface area (Å²) in [6.45, 7) is 5.11. The molecular weight excluding hydrogens is 330 g/mol. The number of carbonyl (C=O) groups is 2. The molecule has 0 unspecified atom stereocenters. The summed E-state index contributed by atoms with van der Waals surface area (Å²) in [7, 11) is 1.63. The van der Waals surface area contributed by atoms with Crippen molar-refractivity contribution in [2.75, 3.05) is 20.2 Å². The van der Waals surface area contributed by atoms with Gasteiger partial charge in [-0.25, -0.2) is 0 Å². The van der Waals surface area contributed by atoms with Gasteiger partial charge in [0.05, 0.1) is 18.2 Å². The molecule has 0 spiro atoms. The van der Waals surface area contributed by atoms with Gasteiger partial charge < -0.3 is 15.4 Å². The molecule has 0 saturated carbocycles. The highest BCUT2D eigenvalue weighted by atomic mass is 16.5. The number of amides is 2. The molecule has 0 atom stereocenters. The highest BCUT2D eigenvalue weighted by Gasteiger charge is 2.11. The Morgan fingerprint density at radius 3 is 2.23 bits per heavy atom. The first kappa shape index (κ1) is 19.4. The molecule has 0 radical (unpaired) electrons. The number of methoxy groups -OCH3 is 1. The van der Waals surface area contributed by atoms with Crippen molar-refractivity contribution in [2.45, 2.75) is 20.3 Å². The summed E-state index contributed by atoms with van der Waals surface area (Å²) in [5.74, 6) is 0.691. The molecule has 0 aliphatic heterocycles. The lowest BCUT2D eigenvalue weighted by Gasteiger charge is -2.09. The average Bonchev–Trinajstić information content (AvgIpc) is 2.66. The topological polar surface area (TPSA) is 80.3 Å². The number of nitrogens with zero attached hydrogens (tertiary/aromatic N) is 1. The average molecular weight is 355 g/mol. The van der Waals surface area contributed by atoms with Gasteiger partial charge in [-0.05, 0) is 36.1 Å². The fourth-order valence-corrected chi connectivity index (χ4v) is 2.30. The van der Waals surface area contributed by atoms with E-state index in [1.807, 2.05) is 38.1 Å². The van der Waals surface area contributed by atoms with Crippen LogP contribution in [0.4, 0.5) is 0 Å². The summed E-state index contributed by atoms with van der Waals surface area (Å²) >= 11 is 0. The minimum absolute atomic E-state index is 0.223. The van der Waals surface area contributed by atoms with E-state index < -0.39 is 0 Å². The Labute approximate surface area is 154 Å². The van der Waals surface area contributed by atoms with E-state index in [-0.39, 0.29) is 11.8 Å². The molecule has 0 fully saturated rings. The van der Waals surface area contributed by atoms with Gasteiger partial charge in [0.25, 0.3) is 11.8 Å². The van der Waals surface area contributed by atoms with Crippen molar-refractivity contribution in [3.8, 4) is 5.75 Å². The van der Waals surface area contributed by atoms with Crippen molar-refractivity contribution < 1.29 is 14.3 Å². The van der Waals surface area contributed by atoms with E-state index in [4.69, 9.17) is 4.74 Å². The van der Waals surface area contributed by atoms with Crippen molar-refractivity contribution in [1.82, 2.24) is 15.6 Å². The van der Waals surface area contributed by atoms with E-state index in [0.29, 0.717) is 36.6 Å². The van der Waals surface area contributed by atoms with Crippen molar-refractivity contribution in [3.05, 3.63) is 59.4 Å². The van der Waals surface area contributed by atoms with Crippen LogP contribution in [-0.4, -0.2) is 37.0 Å². The molecule has 2 amide bonds. The molecule has 6 nitrogen and oxygen atoms in total. The zero-order chi connectivity index (χ0) is 18.9. The first-order valence-corrected chi connectivity index (χ1v) is 8.64. The van der Waals surface area contributed by atoms with Crippen LogP contribution in [0.5, 0.6) is 5.75 Å². The summed E-state index contributed by atoms with van der Waals surface area (Å²) in [6.07, 6.45) is 3.63. The van der Waals surface area contributed by atoms with Crippen LogP contribution in [0.25, 0.3) is 0 Å². The van der Waals surface area contributed by atoms with Gasteiger partial charge in [0.2, 0.25) is 0 Å². The molecule has 1 aromatic carbocycles. The quantitative estimate of drug-likeness (QED) is 0.762. The van der Waals surface area contributed by atoms with Gasteiger partial charge >= 0.3 is 0 Å². The highest BCUT2D eigenvalue weighted by Crippen LogP contribution is 2.11. The normalized spacial score (nSPS) is 10.5. The Hall–Kier alpha value is -2.89. The lowest BCUT2D eigenvalue weighted by Crippen LogP contribution is -2.29. The summed E-state index contributed by atoms with van der Waals surface area (Å²) in [4.78, 5) is 28.4. The highest BCUT2D eigenvalue weighted by molar-refractivity contribution is 5.99. The number of hydrogen-bond acceptors (Lipinski definition) is 4. The molecule has 0 aliphatic carbocycles. The van der Waals surface area contributed by atoms with Crippen LogP contribution in [0, 0.1) is 5.92 Å². The van der Waals surface area contributed by atoms with Gasteiger partial charge in [-0.2, -0.15) is 0 Å². The molecule has 2 aromatic rings. The third kappa shape index (κ3) is 5.88. The molecule has 0 saturated heterocycles. The smallest absolute Gasteiger partial charge is 0.252 e. The molecular formula is C20H25N3O3. The maximum absolute atomic E-state index is 12.3. The maximum Gasteiger partial charge on any atom is 0.252 e. The van der Waals surface area contributed by atoms with Gasteiger partial charge in [0.15, 0.2) is 0 Å². The number of nitrogens with one attached hydrogen (secondary N) is 2. The lowest BCUT2D eigenvalue weighted by molar-refractivity contribution is 0.0948. The van der Waals surface area contributed by atoms with E-state index in [9.17, 15) is 9.59 Å². The molecule has 1 heterocycles. The second-order valence-electron chi connectivity index (χ2n) is 6.42. The van der Waals surface area contributed by atoms with E-state index in [2.05, 4.69) is 15.6 Å². The number of hydrogen-bond donors (Lipinski definition) is 2. The molecule has 0 aliphatic rings. The van der Waals surface area contributed by atoms with Gasteiger partial charge in [-0.1, -0.05) is 26.0 Å². The van der Waals surface area contributed by atoms with Crippen molar-refractivity contribution in [3.63, 3.8) is 0 Å².